The van der Waals surface area contributed by atoms with Crippen molar-refractivity contribution in [1.82, 2.24) is 14.9 Å². The van der Waals surface area contributed by atoms with Crippen molar-refractivity contribution in [2.75, 3.05) is 13.7 Å². The highest BCUT2D eigenvalue weighted by Gasteiger charge is 2.29. The smallest absolute Gasteiger partial charge is 0.223 e. The van der Waals surface area contributed by atoms with Crippen molar-refractivity contribution in [3.8, 4) is 5.75 Å². The van der Waals surface area contributed by atoms with Crippen molar-refractivity contribution in [2.45, 2.75) is 38.1 Å². The zero-order valence-corrected chi connectivity index (χ0v) is 15.6. The summed E-state index contributed by atoms with van der Waals surface area (Å²) in [5, 5.41) is 0. The lowest BCUT2D eigenvalue weighted by molar-refractivity contribution is -0.135. The summed E-state index contributed by atoms with van der Waals surface area (Å²) in [5.74, 6) is 1.95. The number of H-pyrrole nitrogens is 1. The lowest BCUT2D eigenvalue weighted by Crippen LogP contribution is -2.39. The number of carbonyl (C=O) groups excluding carboxylic acids is 1. The van der Waals surface area contributed by atoms with E-state index in [0.29, 0.717) is 6.42 Å². The molecule has 0 unspecified atom stereocenters. The van der Waals surface area contributed by atoms with E-state index < -0.39 is 0 Å². The second-order valence-corrected chi connectivity index (χ2v) is 7.09. The number of nitrogens with zero attached hydrogens (tertiary/aromatic N) is 2. The van der Waals surface area contributed by atoms with Crippen molar-refractivity contribution in [2.24, 2.45) is 0 Å². The fourth-order valence-corrected chi connectivity index (χ4v) is 3.83. The third-order valence-corrected chi connectivity index (χ3v) is 5.33. The van der Waals surface area contributed by atoms with Crippen LogP contribution in [-0.4, -0.2) is 34.4 Å². The van der Waals surface area contributed by atoms with Crippen molar-refractivity contribution < 1.29 is 9.53 Å². The molecule has 1 atom stereocenters. The summed E-state index contributed by atoms with van der Waals surface area (Å²) in [6, 6.07) is 16.0. The van der Waals surface area contributed by atoms with E-state index in [1.807, 2.05) is 53.4 Å². The summed E-state index contributed by atoms with van der Waals surface area (Å²) in [5.41, 5.74) is 3.15. The first-order chi connectivity index (χ1) is 13.2. The van der Waals surface area contributed by atoms with Crippen LogP contribution in [0.3, 0.4) is 0 Å². The molecular formula is C22H25N3O2. The summed E-state index contributed by atoms with van der Waals surface area (Å²) in [6.45, 7) is 0.809. The average molecular weight is 363 g/mol. The topological polar surface area (TPSA) is 58.2 Å². The van der Waals surface area contributed by atoms with E-state index in [0.717, 1.165) is 60.4 Å². The van der Waals surface area contributed by atoms with E-state index in [1.54, 1.807) is 7.11 Å². The van der Waals surface area contributed by atoms with Crippen LogP contribution in [0.25, 0.3) is 11.0 Å². The lowest BCUT2D eigenvalue weighted by atomic mass is 10.00. The highest BCUT2D eigenvalue weighted by atomic mass is 16.5. The predicted octanol–water partition coefficient (Wildman–Crippen LogP) is 4.26. The first-order valence-corrected chi connectivity index (χ1v) is 9.61. The van der Waals surface area contributed by atoms with Crippen LogP contribution in [0.5, 0.6) is 5.75 Å². The number of para-hydroxylation sites is 2. The Morgan fingerprint density at radius 1 is 1.19 bits per heavy atom. The standard InChI is InChI=1S/C22H25N3O2/c1-27-17-12-9-16(10-13-17)11-14-21(26)25-15-5-4-8-20(25)22-23-18-6-2-3-7-19(18)24-22/h2-3,6-7,9-10,12-13,20H,4-5,8,11,14-15H2,1H3,(H,23,24)/t20-/m0/s1. The van der Waals surface area contributed by atoms with Gasteiger partial charge in [-0.25, -0.2) is 4.98 Å². The Bertz CT molecular complexity index is 884. The van der Waals surface area contributed by atoms with Gasteiger partial charge in [-0.3, -0.25) is 4.79 Å². The largest absolute Gasteiger partial charge is 0.497 e. The van der Waals surface area contributed by atoms with Gasteiger partial charge in [-0.2, -0.15) is 0 Å². The number of benzene rings is 2. The zero-order valence-electron chi connectivity index (χ0n) is 15.6. The molecule has 3 aromatic rings. The molecule has 5 heteroatoms. The van der Waals surface area contributed by atoms with Crippen molar-refractivity contribution in [1.29, 1.82) is 0 Å². The monoisotopic (exact) mass is 363 g/mol. The van der Waals surface area contributed by atoms with Gasteiger partial charge in [0.25, 0.3) is 0 Å². The highest BCUT2D eigenvalue weighted by molar-refractivity contribution is 5.78. The number of ether oxygens (including phenoxy) is 1. The van der Waals surface area contributed by atoms with Gasteiger partial charge >= 0.3 is 0 Å². The molecule has 1 aliphatic heterocycles. The molecule has 5 nitrogen and oxygen atoms in total. The molecule has 1 aromatic heterocycles. The number of rotatable bonds is 5. The maximum absolute atomic E-state index is 13.0. The number of aromatic amines is 1. The van der Waals surface area contributed by atoms with E-state index in [4.69, 9.17) is 9.72 Å². The molecule has 0 radical (unpaired) electrons. The first-order valence-electron chi connectivity index (χ1n) is 9.61. The molecule has 0 bridgehead atoms. The molecule has 140 valence electrons. The minimum absolute atomic E-state index is 0.0505. The summed E-state index contributed by atoms with van der Waals surface area (Å²) >= 11 is 0. The Hall–Kier alpha value is -2.82. The molecule has 0 spiro atoms. The van der Waals surface area contributed by atoms with E-state index in [-0.39, 0.29) is 11.9 Å². The Balaban J connectivity index is 1.46. The van der Waals surface area contributed by atoms with Crippen LogP contribution in [0.2, 0.25) is 0 Å². The lowest BCUT2D eigenvalue weighted by Gasteiger charge is -2.34. The number of aryl methyl sites for hydroxylation is 1. The summed E-state index contributed by atoms with van der Waals surface area (Å²) < 4.78 is 5.19. The van der Waals surface area contributed by atoms with Crippen molar-refractivity contribution >= 4 is 16.9 Å². The number of amides is 1. The molecule has 0 saturated carbocycles. The van der Waals surface area contributed by atoms with Gasteiger partial charge < -0.3 is 14.6 Å². The van der Waals surface area contributed by atoms with E-state index in [1.165, 1.54) is 0 Å². The molecule has 1 amide bonds. The third-order valence-electron chi connectivity index (χ3n) is 5.33. The van der Waals surface area contributed by atoms with Gasteiger partial charge in [0, 0.05) is 13.0 Å². The van der Waals surface area contributed by atoms with Crippen molar-refractivity contribution in [3.05, 3.63) is 59.9 Å². The zero-order chi connectivity index (χ0) is 18.6. The maximum atomic E-state index is 13.0. The van der Waals surface area contributed by atoms with Crippen molar-refractivity contribution in [3.63, 3.8) is 0 Å². The van der Waals surface area contributed by atoms with Crippen LogP contribution >= 0.6 is 0 Å². The highest BCUT2D eigenvalue weighted by Crippen LogP contribution is 2.31. The Kier molecular flexibility index (Phi) is 5.10. The fraction of sp³-hybridized carbons (Fsp3) is 0.364. The van der Waals surface area contributed by atoms with Gasteiger partial charge in [0.05, 0.1) is 24.2 Å². The Morgan fingerprint density at radius 3 is 2.78 bits per heavy atom. The number of nitrogens with one attached hydrogen (secondary N) is 1. The summed E-state index contributed by atoms with van der Waals surface area (Å²) in [6.07, 6.45) is 4.41. The van der Waals surface area contributed by atoms with E-state index >= 15 is 0 Å². The Labute approximate surface area is 159 Å². The number of fused-ring (bicyclic) bond motifs is 1. The molecule has 1 N–H and O–H groups in total. The normalized spacial score (nSPS) is 17.2. The van der Waals surface area contributed by atoms with Crippen LogP contribution in [0.4, 0.5) is 0 Å². The molecule has 4 rings (SSSR count). The second kappa shape index (κ2) is 7.82. The number of carbonyl (C=O) groups is 1. The summed E-state index contributed by atoms with van der Waals surface area (Å²) in [4.78, 5) is 23.1. The van der Waals surface area contributed by atoms with Gasteiger partial charge in [0.1, 0.15) is 11.6 Å². The number of aromatic nitrogens is 2. The Morgan fingerprint density at radius 2 is 2.00 bits per heavy atom. The molecule has 1 saturated heterocycles. The molecule has 2 aromatic carbocycles. The van der Waals surface area contributed by atoms with E-state index in [9.17, 15) is 4.79 Å². The number of hydrogen-bond acceptors (Lipinski definition) is 3. The van der Waals surface area contributed by atoms with Crippen LogP contribution < -0.4 is 4.74 Å². The fourth-order valence-electron chi connectivity index (χ4n) is 3.83. The minimum atomic E-state index is 0.0505. The number of hydrogen-bond donors (Lipinski definition) is 1. The van der Waals surface area contributed by atoms with Gasteiger partial charge in [0.15, 0.2) is 0 Å². The molecule has 1 aliphatic rings. The summed E-state index contributed by atoms with van der Waals surface area (Å²) in [7, 11) is 1.66. The van der Waals surface area contributed by atoms with Crippen LogP contribution in [0, 0.1) is 0 Å². The SMILES string of the molecule is COc1ccc(CCC(=O)N2CCCC[C@H]2c2nc3ccccc3[nH]2)cc1. The number of methoxy groups -OCH3 is 1. The van der Waals surface area contributed by atoms with Gasteiger partial charge in [0.2, 0.25) is 5.91 Å². The molecule has 0 aliphatic carbocycles. The molecule has 27 heavy (non-hydrogen) atoms. The minimum Gasteiger partial charge on any atom is -0.497 e. The molecule has 1 fully saturated rings. The van der Waals surface area contributed by atoms with Gasteiger partial charge in [-0.1, -0.05) is 24.3 Å². The quantitative estimate of drug-likeness (QED) is 0.737. The van der Waals surface area contributed by atoms with Crippen LogP contribution in [0.1, 0.15) is 43.1 Å². The van der Waals surface area contributed by atoms with E-state index in [2.05, 4.69) is 4.98 Å². The molecular weight excluding hydrogens is 338 g/mol. The predicted molar refractivity (Wildman–Crippen MR) is 106 cm³/mol. The third kappa shape index (κ3) is 3.82. The maximum Gasteiger partial charge on any atom is 0.223 e. The number of imidazole rings is 1. The van der Waals surface area contributed by atoms with Crippen LogP contribution in [-0.2, 0) is 11.2 Å². The van der Waals surface area contributed by atoms with Gasteiger partial charge in [-0.15, -0.1) is 0 Å². The number of likely N-dealkylation sites (tertiary alicyclic amines) is 1. The van der Waals surface area contributed by atoms with Gasteiger partial charge in [-0.05, 0) is 55.5 Å². The average Bonchev–Trinajstić information content (AvgIpc) is 3.16. The molecule has 2 heterocycles. The second-order valence-electron chi connectivity index (χ2n) is 7.09. The van der Waals surface area contributed by atoms with Crippen LogP contribution in [0.15, 0.2) is 48.5 Å². The number of piperidine rings is 1. The first kappa shape index (κ1) is 17.6.